The smallest absolute Gasteiger partial charge is 0.278 e. The maximum atomic E-state index is 6.18. The van der Waals surface area contributed by atoms with E-state index in [0.29, 0.717) is 22.4 Å². The summed E-state index contributed by atoms with van der Waals surface area (Å²) in [5.74, 6) is 1.03. The number of likely N-dealkylation sites (N-methyl/N-ethyl adjacent to an activating group) is 1. The van der Waals surface area contributed by atoms with Crippen LogP contribution in [0.2, 0.25) is 5.02 Å². The van der Waals surface area contributed by atoms with Gasteiger partial charge in [-0.1, -0.05) is 40.7 Å². The van der Waals surface area contributed by atoms with Gasteiger partial charge in [0.2, 0.25) is 0 Å². The van der Waals surface area contributed by atoms with Gasteiger partial charge in [0.1, 0.15) is 5.03 Å². The highest BCUT2D eigenvalue weighted by Gasteiger charge is 2.25. The van der Waals surface area contributed by atoms with E-state index in [1.165, 1.54) is 11.8 Å². The van der Waals surface area contributed by atoms with Crippen LogP contribution in [-0.4, -0.2) is 51.9 Å². The van der Waals surface area contributed by atoms with Gasteiger partial charge in [0.15, 0.2) is 11.5 Å². The van der Waals surface area contributed by atoms with Crippen LogP contribution in [0.3, 0.4) is 0 Å². The fraction of sp³-hybridized carbons (Fsp3) is 0.294. The van der Waals surface area contributed by atoms with Crippen LogP contribution >= 0.6 is 23.4 Å². The van der Waals surface area contributed by atoms with Crippen LogP contribution in [-0.2, 0) is 0 Å². The van der Waals surface area contributed by atoms with Crippen molar-refractivity contribution in [1.29, 1.82) is 0 Å². The molecule has 1 fully saturated rings. The number of hydrogen-bond acceptors (Lipinski definition) is 8. The van der Waals surface area contributed by atoms with Crippen LogP contribution in [0, 0.1) is 0 Å². The number of benzene rings is 1. The zero-order valence-electron chi connectivity index (χ0n) is 14.1. The fourth-order valence-corrected chi connectivity index (χ4v) is 3.70. The monoisotopic (exact) mass is 388 g/mol. The van der Waals surface area contributed by atoms with E-state index < -0.39 is 0 Å². The van der Waals surface area contributed by atoms with Crippen LogP contribution in [0.25, 0.3) is 11.6 Å². The van der Waals surface area contributed by atoms with Gasteiger partial charge in [-0.05, 0) is 31.3 Å². The Bertz CT molecular complexity index is 887. The number of nitrogens with one attached hydrogen (secondary N) is 1. The van der Waals surface area contributed by atoms with E-state index in [0.717, 1.165) is 29.6 Å². The molecule has 2 aromatic heterocycles. The molecule has 0 radical (unpaired) electrons. The number of hydrogen-bond donors (Lipinski definition) is 1. The van der Waals surface area contributed by atoms with Gasteiger partial charge in [-0.15, -0.1) is 10.2 Å². The van der Waals surface area contributed by atoms with Crippen LogP contribution in [0.15, 0.2) is 50.8 Å². The third-order valence-electron chi connectivity index (χ3n) is 4.16. The minimum Gasteiger partial charge on any atom is -0.332 e. The zero-order chi connectivity index (χ0) is 17.9. The van der Waals surface area contributed by atoms with Crippen molar-refractivity contribution in [2.24, 2.45) is 0 Å². The van der Waals surface area contributed by atoms with Gasteiger partial charge in [0, 0.05) is 24.5 Å². The van der Waals surface area contributed by atoms with Gasteiger partial charge in [-0.25, -0.2) is 0 Å². The molecule has 3 aromatic rings. The maximum absolute atomic E-state index is 6.18. The van der Waals surface area contributed by atoms with Gasteiger partial charge in [-0.3, -0.25) is 4.90 Å². The predicted molar refractivity (Wildman–Crippen MR) is 99.1 cm³/mol. The summed E-state index contributed by atoms with van der Waals surface area (Å²) < 4.78 is 5.38. The fourth-order valence-electron chi connectivity index (χ4n) is 2.70. The Morgan fingerprint density at radius 1 is 1.23 bits per heavy atom. The Labute approximate surface area is 160 Å². The molecule has 9 heteroatoms. The Morgan fingerprint density at radius 3 is 2.88 bits per heavy atom. The molecule has 1 aromatic carbocycles. The van der Waals surface area contributed by atoms with Crippen molar-refractivity contribution in [1.82, 2.24) is 30.6 Å². The highest BCUT2D eigenvalue weighted by Crippen LogP contribution is 2.32. The molecule has 0 spiro atoms. The molecule has 26 heavy (non-hydrogen) atoms. The second-order valence-electron chi connectivity index (χ2n) is 5.95. The van der Waals surface area contributed by atoms with Gasteiger partial charge in [0.25, 0.3) is 5.89 Å². The topological polar surface area (TPSA) is 80.0 Å². The van der Waals surface area contributed by atoms with Gasteiger partial charge < -0.3 is 9.84 Å². The molecule has 1 saturated heterocycles. The van der Waals surface area contributed by atoms with Crippen molar-refractivity contribution in [2.75, 3.05) is 26.7 Å². The maximum Gasteiger partial charge on any atom is 0.278 e. The van der Waals surface area contributed by atoms with Gasteiger partial charge in [0.05, 0.1) is 11.1 Å². The molecule has 1 atom stereocenters. The van der Waals surface area contributed by atoms with Crippen LogP contribution in [0.5, 0.6) is 0 Å². The SMILES string of the molecule is CN1CCNCC1c1noc(-c2ccc(Sc3ccccc3Cl)nn2)n1. The summed E-state index contributed by atoms with van der Waals surface area (Å²) in [7, 11) is 2.06. The molecular weight excluding hydrogens is 372 g/mol. The Hall–Kier alpha value is -2.00. The average Bonchev–Trinajstić information content (AvgIpc) is 3.14. The summed E-state index contributed by atoms with van der Waals surface area (Å²) >= 11 is 7.64. The molecular formula is C17H17ClN6OS. The summed E-state index contributed by atoms with van der Waals surface area (Å²) in [4.78, 5) is 7.64. The molecule has 0 amide bonds. The first-order valence-corrected chi connectivity index (χ1v) is 9.41. The summed E-state index contributed by atoms with van der Waals surface area (Å²) in [5, 5.41) is 17.3. The van der Waals surface area contributed by atoms with Crippen molar-refractivity contribution in [3.05, 3.63) is 47.2 Å². The van der Waals surface area contributed by atoms with Gasteiger partial charge >= 0.3 is 0 Å². The first-order chi connectivity index (χ1) is 12.7. The van der Waals surface area contributed by atoms with Crippen molar-refractivity contribution >= 4 is 23.4 Å². The standard InChI is InChI=1S/C17H17ClN6OS/c1-24-9-8-19-10-13(24)16-20-17(25-23-16)12-6-7-15(22-21-12)26-14-5-3-2-4-11(14)18/h2-7,13,19H,8-10H2,1H3. The van der Waals surface area contributed by atoms with E-state index in [9.17, 15) is 0 Å². The second kappa shape index (κ2) is 7.71. The highest BCUT2D eigenvalue weighted by atomic mass is 35.5. The molecule has 0 saturated carbocycles. The van der Waals surface area contributed by atoms with Crippen molar-refractivity contribution in [3.63, 3.8) is 0 Å². The summed E-state index contributed by atoms with van der Waals surface area (Å²) in [6, 6.07) is 11.4. The summed E-state index contributed by atoms with van der Waals surface area (Å²) in [5.41, 5.74) is 0.554. The summed E-state index contributed by atoms with van der Waals surface area (Å²) in [6.07, 6.45) is 0. The van der Waals surface area contributed by atoms with E-state index in [-0.39, 0.29) is 6.04 Å². The number of rotatable bonds is 4. The average molecular weight is 389 g/mol. The van der Waals surface area contributed by atoms with Crippen molar-refractivity contribution < 1.29 is 4.52 Å². The Morgan fingerprint density at radius 2 is 2.12 bits per heavy atom. The molecule has 1 aliphatic heterocycles. The number of halogens is 1. The van der Waals surface area contributed by atoms with Crippen molar-refractivity contribution in [2.45, 2.75) is 16.0 Å². The van der Waals surface area contributed by atoms with E-state index in [2.05, 4.69) is 37.6 Å². The normalized spacial score (nSPS) is 18.2. The largest absolute Gasteiger partial charge is 0.332 e. The van der Waals surface area contributed by atoms with E-state index >= 15 is 0 Å². The van der Waals surface area contributed by atoms with Crippen LogP contribution in [0.4, 0.5) is 0 Å². The summed E-state index contributed by atoms with van der Waals surface area (Å²) in [6.45, 7) is 2.71. The minimum atomic E-state index is 0.101. The highest BCUT2D eigenvalue weighted by molar-refractivity contribution is 7.99. The first kappa shape index (κ1) is 17.4. The lowest BCUT2D eigenvalue weighted by molar-refractivity contribution is 0.190. The Kier molecular flexibility index (Phi) is 5.16. The molecule has 134 valence electrons. The zero-order valence-corrected chi connectivity index (χ0v) is 15.7. The van der Waals surface area contributed by atoms with E-state index in [1.807, 2.05) is 36.4 Å². The number of piperazine rings is 1. The quantitative estimate of drug-likeness (QED) is 0.730. The lowest BCUT2D eigenvalue weighted by atomic mass is 10.2. The molecule has 3 heterocycles. The molecule has 1 aliphatic rings. The van der Waals surface area contributed by atoms with Crippen molar-refractivity contribution in [3.8, 4) is 11.6 Å². The van der Waals surface area contributed by atoms with Crippen LogP contribution < -0.4 is 5.32 Å². The molecule has 1 N–H and O–H groups in total. The van der Waals surface area contributed by atoms with Gasteiger partial charge in [-0.2, -0.15) is 4.98 Å². The molecule has 7 nitrogen and oxygen atoms in total. The second-order valence-corrected chi connectivity index (χ2v) is 7.42. The van der Waals surface area contributed by atoms with Crippen LogP contribution in [0.1, 0.15) is 11.9 Å². The minimum absolute atomic E-state index is 0.101. The third-order valence-corrected chi connectivity index (χ3v) is 5.61. The number of aromatic nitrogens is 4. The predicted octanol–water partition coefficient (Wildman–Crippen LogP) is 2.91. The Balaban J connectivity index is 1.50. The molecule has 4 rings (SSSR count). The number of nitrogens with zero attached hydrogens (tertiary/aromatic N) is 5. The van der Waals surface area contributed by atoms with E-state index in [4.69, 9.17) is 16.1 Å². The third kappa shape index (κ3) is 3.73. The molecule has 0 bridgehead atoms. The van der Waals surface area contributed by atoms with E-state index in [1.54, 1.807) is 0 Å². The molecule has 0 aliphatic carbocycles. The molecule has 1 unspecified atom stereocenters. The lowest BCUT2D eigenvalue weighted by Crippen LogP contribution is -2.44. The first-order valence-electron chi connectivity index (χ1n) is 8.22. The lowest BCUT2D eigenvalue weighted by Gasteiger charge is -2.30.